The van der Waals surface area contributed by atoms with Crippen LogP contribution in [0.3, 0.4) is 0 Å². The summed E-state index contributed by atoms with van der Waals surface area (Å²) in [5.74, 6) is -0.0950. The maximum atomic E-state index is 11.5. The van der Waals surface area contributed by atoms with Crippen LogP contribution in [0.2, 0.25) is 0 Å². The lowest BCUT2D eigenvalue weighted by atomic mass is 10.2. The molecule has 0 saturated carbocycles. The summed E-state index contributed by atoms with van der Waals surface area (Å²) < 4.78 is 5.27. The van der Waals surface area contributed by atoms with Gasteiger partial charge in [0.1, 0.15) is 5.60 Å². The molecule has 0 N–H and O–H groups in total. The van der Waals surface area contributed by atoms with E-state index >= 15 is 0 Å². The molecule has 0 bridgehead atoms. The van der Waals surface area contributed by atoms with Gasteiger partial charge in [-0.1, -0.05) is 20.3 Å². The molecule has 0 saturated heterocycles. The van der Waals surface area contributed by atoms with Crippen molar-refractivity contribution in [1.82, 2.24) is 4.90 Å². The zero-order valence-electron chi connectivity index (χ0n) is 11.5. The molecule has 0 aromatic heterocycles. The fraction of sp³-hybridized carbons (Fsp3) is 0.923. The molecule has 0 radical (unpaired) electrons. The number of hydrogen-bond donors (Lipinski definition) is 0. The number of esters is 1. The molecule has 3 nitrogen and oxygen atoms in total. The fourth-order valence-corrected chi connectivity index (χ4v) is 1.45. The number of carbonyl (C=O) groups excluding carboxylic acids is 1. The predicted molar refractivity (Wildman–Crippen MR) is 67.5 cm³/mol. The van der Waals surface area contributed by atoms with E-state index < -0.39 is 0 Å². The van der Waals surface area contributed by atoms with E-state index in [0.717, 1.165) is 19.6 Å². The van der Waals surface area contributed by atoms with Gasteiger partial charge in [-0.3, -0.25) is 4.79 Å². The van der Waals surface area contributed by atoms with Crippen molar-refractivity contribution in [3.05, 3.63) is 0 Å². The molecule has 0 aliphatic carbocycles. The second-order valence-electron chi connectivity index (χ2n) is 5.12. The Kier molecular flexibility index (Phi) is 7.39. The van der Waals surface area contributed by atoms with Crippen LogP contribution in [0.5, 0.6) is 0 Å². The number of rotatable bonds is 7. The van der Waals surface area contributed by atoms with Crippen LogP contribution in [-0.2, 0) is 9.53 Å². The molecule has 0 fully saturated rings. The SMILES string of the molecule is CCCCN(CC)CCC(=O)OC(C)(C)C. The van der Waals surface area contributed by atoms with Crippen molar-refractivity contribution < 1.29 is 9.53 Å². The van der Waals surface area contributed by atoms with E-state index in [1.807, 2.05) is 20.8 Å². The maximum absolute atomic E-state index is 11.5. The lowest BCUT2D eigenvalue weighted by molar-refractivity contribution is -0.155. The van der Waals surface area contributed by atoms with Gasteiger partial charge in [-0.05, 0) is 40.3 Å². The first-order chi connectivity index (χ1) is 7.39. The third-order valence-corrected chi connectivity index (χ3v) is 2.33. The Morgan fingerprint density at radius 2 is 1.81 bits per heavy atom. The van der Waals surface area contributed by atoms with Crippen LogP contribution in [0, 0.1) is 0 Å². The van der Waals surface area contributed by atoms with Crippen molar-refractivity contribution in [3.63, 3.8) is 0 Å². The minimum absolute atomic E-state index is 0.0950. The van der Waals surface area contributed by atoms with Gasteiger partial charge in [-0.25, -0.2) is 0 Å². The zero-order valence-corrected chi connectivity index (χ0v) is 11.5. The van der Waals surface area contributed by atoms with E-state index in [0.29, 0.717) is 6.42 Å². The van der Waals surface area contributed by atoms with Crippen LogP contribution in [0.25, 0.3) is 0 Å². The Bertz CT molecular complexity index is 197. The van der Waals surface area contributed by atoms with Crippen molar-refractivity contribution >= 4 is 5.97 Å². The molecule has 0 unspecified atom stereocenters. The quantitative estimate of drug-likeness (QED) is 0.629. The van der Waals surface area contributed by atoms with Gasteiger partial charge < -0.3 is 9.64 Å². The Labute approximate surface area is 100 Å². The van der Waals surface area contributed by atoms with E-state index in [-0.39, 0.29) is 11.6 Å². The normalized spacial score (nSPS) is 11.9. The van der Waals surface area contributed by atoms with Crippen molar-refractivity contribution in [3.8, 4) is 0 Å². The molecule has 0 aliphatic heterocycles. The smallest absolute Gasteiger partial charge is 0.307 e. The van der Waals surface area contributed by atoms with Crippen molar-refractivity contribution in [2.45, 2.75) is 59.5 Å². The molecule has 3 heteroatoms. The van der Waals surface area contributed by atoms with Gasteiger partial charge >= 0.3 is 5.97 Å². The van der Waals surface area contributed by atoms with Crippen LogP contribution in [-0.4, -0.2) is 36.1 Å². The van der Waals surface area contributed by atoms with Gasteiger partial charge in [0, 0.05) is 6.54 Å². The summed E-state index contributed by atoms with van der Waals surface area (Å²) in [6.07, 6.45) is 2.89. The first-order valence-corrected chi connectivity index (χ1v) is 6.33. The summed E-state index contributed by atoms with van der Waals surface area (Å²) in [6, 6.07) is 0. The van der Waals surface area contributed by atoms with Crippen LogP contribution < -0.4 is 0 Å². The van der Waals surface area contributed by atoms with Crippen molar-refractivity contribution in [1.29, 1.82) is 0 Å². The number of ether oxygens (including phenoxy) is 1. The highest BCUT2D eigenvalue weighted by Gasteiger charge is 2.16. The summed E-state index contributed by atoms with van der Waals surface area (Å²) >= 11 is 0. The first kappa shape index (κ1) is 15.4. The fourth-order valence-electron chi connectivity index (χ4n) is 1.45. The number of carbonyl (C=O) groups is 1. The van der Waals surface area contributed by atoms with Gasteiger partial charge in [0.15, 0.2) is 0 Å². The average molecular weight is 229 g/mol. The maximum Gasteiger partial charge on any atom is 0.307 e. The zero-order chi connectivity index (χ0) is 12.6. The molecule has 96 valence electrons. The van der Waals surface area contributed by atoms with Crippen LogP contribution in [0.15, 0.2) is 0 Å². The molecule has 0 heterocycles. The lowest BCUT2D eigenvalue weighted by Gasteiger charge is -2.22. The first-order valence-electron chi connectivity index (χ1n) is 6.33. The van der Waals surface area contributed by atoms with Gasteiger partial charge in [0.05, 0.1) is 6.42 Å². The van der Waals surface area contributed by atoms with Gasteiger partial charge in [-0.2, -0.15) is 0 Å². The van der Waals surface area contributed by atoms with Crippen LogP contribution >= 0.6 is 0 Å². The second-order valence-corrected chi connectivity index (χ2v) is 5.12. The Morgan fingerprint density at radius 1 is 1.19 bits per heavy atom. The largest absolute Gasteiger partial charge is 0.460 e. The summed E-state index contributed by atoms with van der Waals surface area (Å²) in [5, 5.41) is 0. The summed E-state index contributed by atoms with van der Waals surface area (Å²) in [5.41, 5.74) is -0.364. The molecule has 0 atom stereocenters. The van der Waals surface area contributed by atoms with Crippen LogP contribution in [0.1, 0.15) is 53.9 Å². The highest BCUT2D eigenvalue weighted by atomic mass is 16.6. The summed E-state index contributed by atoms with van der Waals surface area (Å²) in [4.78, 5) is 13.8. The number of unbranched alkanes of at least 4 members (excludes halogenated alkanes) is 1. The van der Waals surface area contributed by atoms with Crippen molar-refractivity contribution in [2.24, 2.45) is 0 Å². The number of hydrogen-bond acceptors (Lipinski definition) is 3. The highest BCUT2D eigenvalue weighted by molar-refractivity contribution is 5.70. The topological polar surface area (TPSA) is 29.5 Å². The molecular weight excluding hydrogens is 202 g/mol. The molecule has 0 rings (SSSR count). The second kappa shape index (κ2) is 7.66. The highest BCUT2D eigenvalue weighted by Crippen LogP contribution is 2.08. The monoisotopic (exact) mass is 229 g/mol. The molecule has 0 spiro atoms. The standard InChI is InChI=1S/C13H27NO2/c1-6-8-10-14(7-2)11-9-12(15)16-13(3,4)5/h6-11H2,1-5H3. The average Bonchev–Trinajstić information content (AvgIpc) is 2.15. The molecular formula is C13H27NO2. The third kappa shape index (κ3) is 8.72. The number of nitrogens with zero attached hydrogens (tertiary/aromatic N) is 1. The van der Waals surface area contributed by atoms with Crippen molar-refractivity contribution in [2.75, 3.05) is 19.6 Å². The summed E-state index contributed by atoms with van der Waals surface area (Å²) in [7, 11) is 0. The van der Waals surface area contributed by atoms with Gasteiger partial charge in [0.25, 0.3) is 0 Å². The Morgan fingerprint density at radius 3 is 2.25 bits per heavy atom. The molecule has 0 aromatic carbocycles. The molecule has 0 amide bonds. The van der Waals surface area contributed by atoms with E-state index in [1.54, 1.807) is 0 Å². The van der Waals surface area contributed by atoms with E-state index in [4.69, 9.17) is 4.74 Å². The Hall–Kier alpha value is -0.570. The minimum atomic E-state index is -0.364. The third-order valence-electron chi connectivity index (χ3n) is 2.33. The lowest BCUT2D eigenvalue weighted by Crippen LogP contribution is -2.30. The van der Waals surface area contributed by atoms with E-state index in [2.05, 4.69) is 18.7 Å². The van der Waals surface area contributed by atoms with E-state index in [9.17, 15) is 4.79 Å². The minimum Gasteiger partial charge on any atom is -0.460 e. The van der Waals surface area contributed by atoms with E-state index in [1.165, 1.54) is 12.8 Å². The molecule has 16 heavy (non-hydrogen) atoms. The molecule has 0 aliphatic rings. The van der Waals surface area contributed by atoms with Crippen LogP contribution in [0.4, 0.5) is 0 Å². The Balaban J connectivity index is 3.79. The molecule has 0 aromatic rings. The summed E-state index contributed by atoms with van der Waals surface area (Å²) in [6.45, 7) is 12.9. The predicted octanol–water partition coefficient (Wildman–Crippen LogP) is 2.84. The van der Waals surface area contributed by atoms with Gasteiger partial charge in [0.2, 0.25) is 0 Å². The van der Waals surface area contributed by atoms with Gasteiger partial charge in [-0.15, -0.1) is 0 Å².